The van der Waals surface area contributed by atoms with Gasteiger partial charge in [0.1, 0.15) is 0 Å². The highest BCUT2D eigenvalue weighted by molar-refractivity contribution is 5.24. The van der Waals surface area contributed by atoms with Crippen LogP contribution in [0.1, 0.15) is 37.4 Å². The van der Waals surface area contributed by atoms with Crippen LogP contribution in [0, 0.1) is 0 Å². The number of halogens is 3. The van der Waals surface area contributed by atoms with Gasteiger partial charge in [-0.3, -0.25) is 0 Å². The van der Waals surface area contributed by atoms with Gasteiger partial charge in [-0.1, -0.05) is 13.3 Å². The molecule has 0 aromatic carbocycles. The minimum atomic E-state index is -4.16. The first kappa shape index (κ1) is 15.8. The predicted octanol–water partition coefficient (Wildman–Crippen LogP) is 3.25. The summed E-state index contributed by atoms with van der Waals surface area (Å²) >= 11 is 0. The number of aryl methyl sites for hydroxylation is 1. The van der Waals surface area contributed by atoms with Crippen LogP contribution in [0.4, 0.5) is 13.2 Å². The Labute approximate surface area is 110 Å². The molecule has 19 heavy (non-hydrogen) atoms. The summed E-state index contributed by atoms with van der Waals surface area (Å²) in [4.78, 5) is 4.19. The number of aliphatic hydroxyl groups excluding tert-OH is 1. The van der Waals surface area contributed by atoms with Gasteiger partial charge in [0.25, 0.3) is 0 Å². The van der Waals surface area contributed by atoms with Crippen molar-refractivity contribution >= 4 is 0 Å². The minimum Gasteiger partial charge on any atom is -0.478 e. The van der Waals surface area contributed by atoms with Crippen molar-refractivity contribution in [3.05, 3.63) is 23.4 Å². The van der Waals surface area contributed by atoms with Crippen LogP contribution in [0.3, 0.4) is 0 Å². The van der Waals surface area contributed by atoms with Gasteiger partial charge in [0, 0.05) is 18.2 Å². The lowest BCUT2D eigenvalue weighted by molar-refractivity contribution is -0.136. The van der Waals surface area contributed by atoms with E-state index in [-0.39, 0.29) is 25.5 Å². The van der Waals surface area contributed by atoms with Gasteiger partial charge in [-0.25, -0.2) is 4.98 Å². The van der Waals surface area contributed by atoms with E-state index in [1.54, 1.807) is 12.1 Å². The van der Waals surface area contributed by atoms with Crippen LogP contribution in [0.5, 0.6) is 5.88 Å². The van der Waals surface area contributed by atoms with Crippen molar-refractivity contribution < 1.29 is 23.0 Å². The molecule has 108 valence electrons. The van der Waals surface area contributed by atoms with Gasteiger partial charge in [-0.05, 0) is 24.5 Å². The summed E-state index contributed by atoms with van der Waals surface area (Å²) in [5.41, 5.74) is 1.43. The van der Waals surface area contributed by atoms with E-state index in [0.29, 0.717) is 5.56 Å². The lowest BCUT2D eigenvalue weighted by Crippen LogP contribution is -2.10. The highest BCUT2D eigenvalue weighted by Crippen LogP contribution is 2.21. The zero-order valence-electron chi connectivity index (χ0n) is 10.8. The van der Waals surface area contributed by atoms with Gasteiger partial charge in [0.15, 0.2) is 0 Å². The Morgan fingerprint density at radius 2 is 2.05 bits per heavy atom. The normalized spacial score (nSPS) is 11.6. The number of aromatic nitrogens is 1. The Hall–Kier alpha value is -1.30. The molecule has 0 atom stereocenters. The van der Waals surface area contributed by atoms with E-state index < -0.39 is 12.6 Å². The average Bonchev–Trinajstić information content (AvgIpc) is 2.34. The summed E-state index contributed by atoms with van der Waals surface area (Å²) in [6.07, 6.45) is -3.48. The summed E-state index contributed by atoms with van der Waals surface area (Å²) in [5.74, 6) is 0.275. The van der Waals surface area contributed by atoms with Gasteiger partial charge >= 0.3 is 6.18 Å². The Morgan fingerprint density at radius 1 is 1.32 bits per heavy atom. The molecule has 1 aromatic heterocycles. The van der Waals surface area contributed by atoms with Crippen molar-refractivity contribution in [2.75, 3.05) is 6.61 Å². The third-order valence-corrected chi connectivity index (χ3v) is 2.46. The second kappa shape index (κ2) is 7.33. The van der Waals surface area contributed by atoms with Crippen LogP contribution in [0.2, 0.25) is 0 Å². The lowest BCUT2D eigenvalue weighted by Gasteiger charge is -2.10. The van der Waals surface area contributed by atoms with Crippen LogP contribution in [-0.4, -0.2) is 22.9 Å². The number of hydrogen-bond acceptors (Lipinski definition) is 3. The first-order valence-corrected chi connectivity index (χ1v) is 6.25. The summed E-state index contributed by atoms with van der Waals surface area (Å²) in [5, 5.41) is 9.10. The summed E-state index contributed by atoms with van der Waals surface area (Å²) < 4.78 is 41.1. The van der Waals surface area contributed by atoms with Gasteiger partial charge in [0.2, 0.25) is 5.88 Å². The second-order valence-corrected chi connectivity index (χ2v) is 4.28. The largest absolute Gasteiger partial charge is 0.478 e. The van der Waals surface area contributed by atoms with Crippen molar-refractivity contribution in [2.45, 2.75) is 45.4 Å². The number of aliphatic hydroxyl groups is 1. The molecule has 6 heteroatoms. The molecule has 0 fully saturated rings. The molecule has 0 aliphatic rings. The first-order chi connectivity index (χ1) is 8.94. The van der Waals surface area contributed by atoms with E-state index in [1.807, 2.05) is 6.92 Å². The molecule has 3 nitrogen and oxygen atoms in total. The smallest absolute Gasteiger partial charge is 0.389 e. The minimum absolute atomic E-state index is 0.0348. The Kier molecular flexibility index (Phi) is 6.08. The van der Waals surface area contributed by atoms with Crippen LogP contribution in [0.25, 0.3) is 0 Å². The molecule has 0 saturated carbocycles. The van der Waals surface area contributed by atoms with Gasteiger partial charge < -0.3 is 9.84 Å². The standard InChI is InChI=1S/C13H18F3NO2/c1-2-4-11-7-10(9-18)8-12(17-11)19-6-3-5-13(14,15)16/h7-8,18H,2-6,9H2,1H3. The highest BCUT2D eigenvalue weighted by Gasteiger charge is 2.26. The molecule has 0 aliphatic carbocycles. The van der Waals surface area contributed by atoms with E-state index in [1.165, 1.54) is 0 Å². The monoisotopic (exact) mass is 277 g/mol. The van der Waals surface area contributed by atoms with Crippen LogP contribution < -0.4 is 4.74 Å². The fraction of sp³-hybridized carbons (Fsp3) is 0.615. The zero-order chi connectivity index (χ0) is 14.3. The Morgan fingerprint density at radius 3 is 2.63 bits per heavy atom. The van der Waals surface area contributed by atoms with Gasteiger partial charge in [0.05, 0.1) is 13.2 Å². The number of pyridine rings is 1. The topological polar surface area (TPSA) is 42.4 Å². The summed E-state index contributed by atoms with van der Waals surface area (Å²) in [6, 6.07) is 3.32. The molecule has 0 radical (unpaired) electrons. The molecule has 0 amide bonds. The van der Waals surface area contributed by atoms with E-state index >= 15 is 0 Å². The number of nitrogens with zero attached hydrogens (tertiary/aromatic N) is 1. The fourth-order valence-electron chi connectivity index (χ4n) is 1.62. The molecule has 1 rings (SSSR count). The molecular weight excluding hydrogens is 259 g/mol. The molecule has 0 saturated heterocycles. The second-order valence-electron chi connectivity index (χ2n) is 4.28. The maximum Gasteiger partial charge on any atom is 0.389 e. The Balaban J connectivity index is 2.54. The van der Waals surface area contributed by atoms with E-state index in [0.717, 1.165) is 18.5 Å². The Bertz CT molecular complexity index is 394. The highest BCUT2D eigenvalue weighted by atomic mass is 19.4. The molecule has 0 spiro atoms. The molecule has 1 N–H and O–H groups in total. The van der Waals surface area contributed by atoms with Crippen molar-refractivity contribution in [2.24, 2.45) is 0 Å². The number of hydrogen-bond donors (Lipinski definition) is 1. The average molecular weight is 277 g/mol. The summed E-state index contributed by atoms with van der Waals surface area (Å²) in [7, 11) is 0. The van der Waals surface area contributed by atoms with Crippen molar-refractivity contribution in [1.29, 1.82) is 0 Å². The third kappa shape index (κ3) is 6.42. The first-order valence-electron chi connectivity index (χ1n) is 6.25. The van der Waals surface area contributed by atoms with E-state index in [9.17, 15) is 13.2 Å². The lowest BCUT2D eigenvalue weighted by atomic mass is 10.2. The number of alkyl halides is 3. The van der Waals surface area contributed by atoms with Crippen LogP contribution in [0.15, 0.2) is 12.1 Å². The molecule has 0 unspecified atom stereocenters. The SMILES string of the molecule is CCCc1cc(CO)cc(OCCCC(F)(F)F)n1. The van der Waals surface area contributed by atoms with Crippen LogP contribution in [-0.2, 0) is 13.0 Å². The molecule has 0 aliphatic heterocycles. The maximum absolute atomic E-state index is 12.0. The predicted molar refractivity (Wildman–Crippen MR) is 64.9 cm³/mol. The van der Waals surface area contributed by atoms with Crippen molar-refractivity contribution in [3.63, 3.8) is 0 Å². The van der Waals surface area contributed by atoms with Crippen molar-refractivity contribution in [3.8, 4) is 5.88 Å². The molecule has 0 bridgehead atoms. The molecular formula is C13H18F3NO2. The molecule has 1 aromatic rings. The summed E-state index contributed by atoms with van der Waals surface area (Å²) in [6.45, 7) is 1.82. The quantitative estimate of drug-likeness (QED) is 0.778. The van der Waals surface area contributed by atoms with Crippen LogP contribution >= 0.6 is 0 Å². The molecule has 1 heterocycles. The zero-order valence-corrected chi connectivity index (χ0v) is 10.8. The van der Waals surface area contributed by atoms with E-state index in [4.69, 9.17) is 9.84 Å². The number of rotatable bonds is 7. The van der Waals surface area contributed by atoms with Gasteiger partial charge in [-0.15, -0.1) is 0 Å². The van der Waals surface area contributed by atoms with Gasteiger partial charge in [-0.2, -0.15) is 13.2 Å². The fourth-order valence-corrected chi connectivity index (χ4v) is 1.62. The number of ether oxygens (including phenoxy) is 1. The van der Waals surface area contributed by atoms with E-state index in [2.05, 4.69) is 4.98 Å². The third-order valence-electron chi connectivity index (χ3n) is 2.46. The van der Waals surface area contributed by atoms with Crippen molar-refractivity contribution in [1.82, 2.24) is 4.98 Å². The maximum atomic E-state index is 12.0.